The molecule has 1 heteroatoms. The van der Waals surface area contributed by atoms with Crippen LogP contribution < -0.4 is 0 Å². The SMILES string of the molecule is C=C=C1C=CC2C3C1=C1CC=C=C4CCC5C6CCC7C8=CC2C2C3=C3C1C1C(C9=CCN(CCCCCCCCCCCC)C9)C4C5C4C6C7C(C82)C3C14. The number of hydrogen-bond acceptors (Lipinski definition) is 1. The highest BCUT2D eigenvalue weighted by Gasteiger charge is 2.80. The molecule has 19 unspecified atom stereocenters. The van der Waals surface area contributed by atoms with Crippen molar-refractivity contribution in [3.05, 3.63) is 93.0 Å². The van der Waals surface area contributed by atoms with Gasteiger partial charge in [0.25, 0.3) is 0 Å². The minimum Gasteiger partial charge on any atom is -0.296 e. The minimum absolute atomic E-state index is 0.617. The molecule has 0 saturated heterocycles. The first-order valence-electron chi connectivity index (χ1n) is 24.4. The van der Waals surface area contributed by atoms with Gasteiger partial charge in [0.1, 0.15) is 0 Å². The smallest absolute Gasteiger partial charge is 0.0199 e. The minimum atomic E-state index is 0.617. The summed E-state index contributed by atoms with van der Waals surface area (Å²) in [4.78, 5) is 2.90. The fourth-order valence-corrected chi connectivity index (χ4v) is 20.2. The molecule has 1 nitrogen and oxygen atoms in total. The summed E-state index contributed by atoms with van der Waals surface area (Å²) in [7, 11) is 0. The summed E-state index contributed by atoms with van der Waals surface area (Å²) in [6, 6.07) is 0. The molecule has 0 N–H and O–H groups in total. The van der Waals surface area contributed by atoms with Crippen LogP contribution >= 0.6 is 0 Å². The van der Waals surface area contributed by atoms with Crippen LogP contribution in [0.5, 0.6) is 0 Å². The highest BCUT2D eigenvalue weighted by molar-refractivity contribution is 5.65. The van der Waals surface area contributed by atoms with E-state index in [1.54, 1.807) is 17.6 Å². The first-order valence-corrected chi connectivity index (χ1v) is 24.4. The Hall–Kier alpha value is -2.30. The van der Waals surface area contributed by atoms with Crippen molar-refractivity contribution in [2.45, 2.75) is 103 Å². The second-order valence-electron chi connectivity index (χ2n) is 22.1. The van der Waals surface area contributed by atoms with Gasteiger partial charge in [-0.2, -0.15) is 0 Å². The molecule has 8 saturated carbocycles. The number of allylic oxidation sites excluding steroid dienone is 10. The van der Waals surface area contributed by atoms with Crippen molar-refractivity contribution in [3.8, 4) is 0 Å². The third-order valence-corrected chi connectivity index (χ3v) is 20.9. The van der Waals surface area contributed by atoms with Crippen molar-refractivity contribution in [1.29, 1.82) is 0 Å². The van der Waals surface area contributed by atoms with E-state index in [4.69, 9.17) is 0 Å². The number of nitrogens with zero attached hydrogens (tertiary/aromatic N) is 1. The summed E-state index contributed by atoms with van der Waals surface area (Å²) in [5.41, 5.74) is 22.7. The zero-order valence-electron chi connectivity index (χ0n) is 33.7. The largest absolute Gasteiger partial charge is 0.296 e. The Labute approximate surface area is 332 Å². The van der Waals surface area contributed by atoms with Gasteiger partial charge in [-0.25, -0.2) is 0 Å². The topological polar surface area (TPSA) is 3.24 Å². The quantitative estimate of drug-likeness (QED) is 0.110. The molecule has 13 aliphatic carbocycles. The van der Waals surface area contributed by atoms with Gasteiger partial charge in [0.2, 0.25) is 0 Å². The lowest BCUT2D eigenvalue weighted by Crippen LogP contribution is -2.56. The van der Waals surface area contributed by atoms with E-state index in [9.17, 15) is 0 Å². The number of hydrogen-bond donors (Lipinski definition) is 0. The van der Waals surface area contributed by atoms with Gasteiger partial charge in [0.05, 0.1) is 0 Å². The van der Waals surface area contributed by atoms with Crippen LogP contribution in [0.15, 0.2) is 93.0 Å². The molecule has 14 rings (SSSR count). The van der Waals surface area contributed by atoms with Crippen molar-refractivity contribution < 1.29 is 0 Å². The van der Waals surface area contributed by atoms with Crippen LogP contribution in [0.3, 0.4) is 0 Å². The van der Waals surface area contributed by atoms with Gasteiger partial charge in [-0.1, -0.05) is 123 Å². The second-order valence-corrected chi connectivity index (χ2v) is 22.1. The van der Waals surface area contributed by atoms with Gasteiger partial charge in [0, 0.05) is 30.5 Å². The molecular formula is C54H65N. The standard InChI is InChI=1S/C54H65N/c1-3-5-6-7-8-9-10-11-12-13-24-55-25-23-30(27-55)40-39-29-15-14-16-35-38-28(4-2)17-19-33-36-26-37-34-22-21-32-31(20-18-29)42(39)50-43(32)44(34)51-47(37)46(36)49(41(33)38)52-45(35)48(40)53(50)54(51)52/h14,17,19,23,26,31-34,36,39-48,50-51,53-54H,2-3,5-13,16,18,20-22,24-25,27H2,1H3. The lowest BCUT2D eigenvalue weighted by molar-refractivity contribution is -0.0999. The lowest BCUT2D eigenvalue weighted by atomic mass is 9.44. The third-order valence-electron chi connectivity index (χ3n) is 20.9. The van der Waals surface area contributed by atoms with Crippen LogP contribution in [0.1, 0.15) is 103 Å². The molecule has 19 atom stereocenters. The summed E-state index contributed by atoms with van der Waals surface area (Å²) in [5.74, 6) is 16.5. The molecule has 8 fully saturated rings. The van der Waals surface area contributed by atoms with E-state index < -0.39 is 0 Å². The molecule has 55 heavy (non-hydrogen) atoms. The predicted octanol–water partition coefficient (Wildman–Crippen LogP) is 11.9. The van der Waals surface area contributed by atoms with Crippen LogP contribution in [-0.2, 0) is 0 Å². The summed E-state index contributed by atoms with van der Waals surface area (Å²) >= 11 is 0. The molecule has 0 aromatic rings. The summed E-state index contributed by atoms with van der Waals surface area (Å²) in [5, 5.41) is 0. The van der Waals surface area contributed by atoms with E-state index in [1.807, 2.05) is 22.3 Å². The molecule has 14 aliphatic rings. The summed E-state index contributed by atoms with van der Waals surface area (Å²) in [6.07, 6.45) is 35.1. The normalized spacial score (nSPS) is 50.7. The van der Waals surface area contributed by atoms with Crippen molar-refractivity contribution in [3.63, 3.8) is 0 Å². The first kappa shape index (κ1) is 32.6. The third kappa shape index (κ3) is 3.87. The van der Waals surface area contributed by atoms with E-state index in [-0.39, 0.29) is 0 Å². The maximum atomic E-state index is 4.39. The van der Waals surface area contributed by atoms with Crippen molar-refractivity contribution in [2.75, 3.05) is 19.6 Å². The lowest BCUT2D eigenvalue weighted by Gasteiger charge is -2.59. The van der Waals surface area contributed by atoms with Gasteiger partial charge in [-0.15, -0.1) is 11.5 Å². The molecule has 0 radical (unpaired) electrons. The van der Waals surface area contributed by atoms with E-state index in [0.717, 1.165) is 101 Å². The predicted molar refractivity (Wildman–Crippen MR) is 221 cm³/mol. The average molecular weight is 728 g/mol. The maximum absolute atomic E-state index is 4.39. The Morgan fingerprint density at radius 3 is 2.42 bits per heavy atom. The van der Waals surface area contributed by atoms with Gasteiger partial charge in [0.15, 0.2) is 0 Å². The Morgan fingerprint density at radius 1 is 0.745 bits per heavy atom. The van der Waals surface area contributed by atoms with Crippen LogP contribution in [0, 0.1) is 112 Å². The molecular weight excluding hydrogens is 663 g/mol. The molecule has 0 amide bonds. The van der Waals surface area contributed by atoms with Gasteiger partial charge in [-0.3, -0.25) is 4.90 Å². The highest BCUT2D eigenvalue weighted by Crippen LogP contribution is 2.86. The van der Waals surface area contributed by atoms with E-state index in [1.165, 1.54) is 109 Å². The number of unbranched alkanes of at least 4 members (excludes halogenated alkanes) is 9. The first-order chi connectivity index (χ1) is 27.3. The molecule has 0 aromatic heterocycles. The summed E-state index contributed by atoms with van der Waals surface area (Å²) < 4.78 is 0. The molecule has 1 heterocycles. The van der Waals surface area contributed by atoms with E-state index in [0.29, 0.717) is 17.8 Å². The number of fused-ring (bicyclic) bond motifs is 3. The molecule has 0 spiro atoms. The van der Waals surface area contributed by atoms with Gasteiger partial charge in [-0.05, 0) is 163 Å². The summed E-state index contributed by atoms with van der Waals surface area (Å²) in [6.45, 7) is 10.5. The van der Waals surface area contributed by atoms with Crippen LogP contribution in [0.4, 0.5) is 0 Å². The van der Waals surface area contributed by atoms with E-state index in [2.05, 4.69) is 65.8 Å². The van der Waals surface area contributed by atoms with E-state index >= 15 is 0 Å². The zero-order chi connectivity index (χ0) is 35.8. The Balaban J connectivity index is 0.870. The number of rotatable bonds is 12. The monoisotopic (exact) mass is 728 g/mol. The van der Waals surface area contributed by atoms with Crippen molar-refractivity contribution >= 4 is 0 Å². The molecule has 2 bridgehead atoms. The van der Waals surface area contributed by atoms with Crippen LogP contribution in [-0.4, -0.2) is 24.5 Å². The average Bonchev–Trinajstić information content (AvgIpc) is 4.05. The fraction of sp³-hybridized carbons (Fsp3) is 0.704. The van der Waals surface area contributed by atoms with Crippen LogP contribution in [0.2, 0.25) is 0 Å². The fourth-order valence-electron chi connectivity index (χ4n) is 20.2. The Bertz CT molecular complexity index is 2030. The molecule has 286 valence electrons. The Kier molecular flexibility index (Phi) is 6.93. The second kappa shape index (κ2) is 11.7. The van der Waals surface area contributed by atoms with Crippen LogP contribution in [0.25, 0.3) is 0 Å². The maximum Gasteiger partial charge on any atom is 0.0199 e. The van der Waals surface area contributed by atoms with Gasteiger partial charge < -0.3 is 0 Å². The zero-order valence-corrected chi connectivity index (χ0v) is 33.7. The Morgan fingerprint density at radius 2 is 1.56 bits per heavy atom. The molecule has 0 aromatic carbocycles. The van der Waals surface area contributed by atoms with Gasteiger partial charge >= 0.3 is 0 Å². The highest BCUT2D eigenvalue weighted by atomic mass is 15.1. The molecule has 1 aliphatic heterocycles. The van der Waals surface area contributed by atoms with Crippen molar-refractivity contribution in [2.24, 2.45) is 112 Å². The van der Waals surface area contributed by atoms with Crippen molar-refractivity contribution in [1.82, 2.24) is 4.90 Å².